The second kappa shape index (κ2) is 9.07. The molecule has 3 rings (SSSR count). The van der Waals surface area contributed by atoms with E-state index in [-0.39, 0.29) is 28.3 Å². The standard InChI is InChI=1S/C20H24N2O5S/c1-26-15-8-10-17(11-9-15)28(24,25)19-7-3-2-6-18(19)21-14-20(23)22-13-16-5-4-12-27-16/h2-3,6-11,16,21H,4-5,12-14H2,1H3,(H,22,23). The Balaban J connectivity index is 1.68. The molecule has 1 saturated heterocycles. The van der Waals surface area contributed by atoms with Crippen LogP contribution in [0.2, 0.25) is 0 Å². The van der Waals surface area contributed by atoms with Gasteiger partial charge in [-0.2, -0.15) is 0 Å². The summed E-state index contributed by atoms with van der Waals surface area (Å²) in [7, 11) is -2.22. The summed E-state index contributed by atoms with van der Waals surface area (Å²) in [6, 6.07) is 12.7. The normalized spacial score (nSPS) is 16.5. The van der Waals surface area contributed by atoms with Crippen LogP contribution in [0.3, 0.4) is 0 Å². The van der Waals surface area contributed by atoms with Gasteiger partial charge in [0.2, 0.25) is 15.7 Å². The van der Waals surface area contributed by atoms with Gasteiger partial charge in [-0.3, -0.25) is 4.79 Å². The maximum absolute atomic E-state index is 13.0. The van der Waals surface area contributed by atoms with Gasteiger partial charge in [0.05, 0.1) is 35.2 Å². The Kier molecular flexibility index (Phi) is 6.53. The monoisotopic (exact) mass is 404 g/mol. The van der Waals surface area contributed by atoms with Crippen LogP contribution >= 0.6 is 0 Å². The van der Waals surface area contributed by atoms with Gasteiger partial charge in [-0.05, 0) is 49.2 Å². The van der Waals surface area contributed by atoms with Gasteiger partial charge in [-0.1, -0.05) is 12.1 Å². The van der Waals surface area contributed by atoms with Crippen molar-refractivity contribution in [2.24, 2.45) is 0 Å². The van der Waals surface area contributed by atoms with E-state index in [2.05, 4.69) is 10.6 Å². The summed E-state index contributed by atoms with van der Waals surface area (Å²) in [5.74, 6) is 0.362. The van der Waals surface area contributed by atoms with Crippen LogP contribution in [0, 0.1) is 0 Å². The molecule has 1 aliphatic rings. The molecule has 2 N–H and O–H groups in total. The molecule has 0 bridgehead atoms. The van der Waals surface area contributed by atoms with Crippen molar-refractivity contribution in [3.63, 3.8) is 0 Å². The predicted octanol–water partition coefficient (Wildman–Crippen LogP) is 2.24. The molecule has 0 radical (unpaired) electrons. The molecule has 1 heterocycles. The van der Waals surface area contributed by atoms with Gasteiger partial charge in [0, 0.05) is 13.2 Å². The Morgan fingerprint density at radius 1 is 1.18 bits per heavy atom. The highest BCUT2D eigenvalue weighted by Gasteiger charge is 2.22. The molecule has 2 aromatic rings. The third-order valence-electron chi connectivity index (χ3n) is 4.54. The van der Waals surface area contributed by atoms with Crippen LogP contribution < -0.4 is 15.4 Å². The maximum Gasteiger partial charge on any atom is 0.239 e. The molecule has 28 heavy (non-hydrogen) atoms. The molecule has 1 fully saturated rings. The molecule has 150 valence electrons. The fourth-order valence-corrected chi connectivity index (χ4v) is 4.44. The highest BCUT2D eigenvalue weighted by molar-refractivity contribution is 7.91. The van der Waals surface area contributed by atoms with Crippen molar-refractivity contribution in [1.29, 1.82) is 0 Å². The van der Waals surface area contributed by atoms with Crippen molar-refractivity contribution in [3.8, 4) is 5.75 Å². The number of anilines is 1. The molecule has 0 saturated carbocycles. The van der Waals surface area contributed by atoms with Crippen molar-refractivity contribution in [2.75, 3.05) is 32.1 Å². The summed E-state index contributed by atoms with van der Waals surface area (Å²) in [6.45, 7) is 1.17. The Morgan fingerprint density at radius 3 is 2.61 bits per heavy atom. The second-order valence-electron chi connectivity index (χ2n) is 6.47. The van der Waals surface area contributed by atoms with E-state index in [1.54, 1.807) is 30.3 Å². The van der Waals surface area contributed by atoms with E-state index in [0.29, 0.717) is 18.0 Å². The Labute approximate surface area is 165 Å². The number of nitrogens with one attached hydrogen (secondary N) is 2. The van der Waals surface area contributed by atoms with E-state index in [9.17, 15) is 13.2 Å². The van der Waals surface area contributed by atoms with Gasteiger partial charge in [-0.25, -0.2) is 8.42 Å². The van der Waals surface area contributed by atoms with Gasteiger partial charge >= 0.3 is 0 Å². The minimum Gasteiger partial charge on any atom is -0.497 e. The lowest BCUT2D eigenvalue weighted by Gasteiger charge is -2.14. The molecule has 1 unspecified atom stereocenters. The zero-order valence-corrected chi connectivity index (χ0v) is 16.5. The number of hydrogen-bond acceptors (Lipinski definition) is 6. The SMILES string of the molecule is COc1ccc(S(=O)(=O)c2ccccc2NCC(=O)NCC2CCCO2)cc1. The molecule has 2 aromatic carbocycles. The smallest absolute Gasteiger partial charge is 0.239 e. The Morgan fingerprint density at radius 2 is 1.93 bits per heavy atom. The summed E-state index contributed by atoms with van der Waals surface area (Å²) in [5.41, 5.74) is 0.380. The summed E-state index contributed by atoms with van der Waals surface area (Å²) in [6.07, 6.45) is 2.01. The molecular weight excluding hydrogens is 380 g/mol. The van der Waals surface area contributed by atoms with E-state index in [1.807, 2.05) is 0 Å². The quantitative estimate of drug-likeness (QED) is 0.701. The molecule has 0 aromatic heterocycles. The van der Waals surface area contributed by atoms with Gasteiger partial charge < -0.3 is 20.1 Å². The van der Waals surface area contributed by atoms with Crippen LogP contribution in [0.1, 0.15) is 12.8 Å². The van der Waals surface area contributed by atoms with Crippen molar-refractivity contribution < 1.29 is 22.7 Å². The lowest BCUT2D eigenvalue weighted by atomic mass is 10.2. The van der Waals surface area contributed by atoms with Crippen LogP contribution in [0.25, 0.3) is 0 Å². The maximum atomic E-state index is 13.0. The average molecular weight is 404 g/mol. The van der Waals surface area contributed by atoms with Gasteiger partial charge in [0.25, 0.3) is 0 Å². The molecule has 1 aliphatic heterocycles. The lowest BCUT2D eigenvalue weighted by Crippen LogP contribution is -2.35. The van der Waals surface area contributed by atoms with Crippen LogP contribution in [0.4, 0.5) is 5.69 Å². The van der Waals surface area contributed by atoms with Crippen LogP contribution in [0.15, 0.2) is 58.3 Å². The van der Waals surface area contributed by atoms with Gasteiger partial charge in [0.1, 0.15) is 5.75 Å². The number of ether oxygens (including phenoxy) is 2. The molecule has 8 heteroatoms. The first kappa shape index (κ1) is 20.2. The van der Waals surface area contributed by atoms with Crippen molar-refractivity contribution in [1.82, 2.24) is 5.32 Å². The van der Waals surface area contributed by atoms with E-state index < -0.39 is 9.84 Å². The zero-order valence-electron chi connectivity index (χ0n) is 15.7. The van der Waals surface area contributed by atoms with Crippen LogP contribution in [0.5, 0.6) is 5.75 Å². The largest absolute Gasteiger partial charge is 0.497 e. The number of para-hydroxylation sites is 1. The number of benzene rings is 2. The average Bonchev–Trinajstić information content (AvgIpc) is 3.24. The summed E-state index contributed by atoms with van der Waals surface area (Å²) < 4.78 is 36.5. The molecular formula is C20H24N2O5S. The Hall–Kier alpha value is -2.58. The molecule has 0 aliphatic carbocycles. The first-order chi connectivity index (χ1) is 13.5. The van der Waals surface area contributed by atoms with E-state index >= 15 is 0 Å². The highest BCUT2D eigenvalue weighted by Crippen LogP contribution is 2.28. The van der Waals surface area contributed by atoms with E-state index in [4.69, 9.17) is 9.47 Å². The number of hydrogen-bond donors (Lipinski definition) is 2. The number of carbonyl (C=O) groups excluding carboxylic acids is 1. The number of carbonyl (C=O) groups is 1. The zero-order chi connectivity index (χ0) is 20.0. The summed E-state index contributed by atoms with van der Waals surface area (Å²) in [4.78, 5) is 12.4. The number of methoxy groups -OCH3 is 1. The second-order valence-corrected chi connectivity index (χ2v) is 8.39. The van der Waals surface area contributed by atoms with E-state index in [1.165, 1.54) is 25.3 Å². The van der Waals surface area contributed by atoms with E-state index in [0.717, 1.165) is 19.4 Å². The third kappa shape index (κ3) is 4.82. The number of rotatable bonds is 8. The molecule has 1 amide bonds. The summed E-state index contributed by atoms with van der Waals surface area (Å²) in [5, 5.41) is 5.74. The molecule has 7 nitrogen and oxygen atoms in total. The topological polar surface area (TPSA) is 93.7 Å². The van der Waals surface area contributed by atoms with Crippen LogP contribution in [-0.4, -0.2) is 47.2 Å². The fourth-order valence-electron chi connectivity index (χ4n) is 3.00. The lowest BCUT2D eigenvalue weighted by molar-refractivity contribution is -0.119. The van der Waals surface area contributed by atoms with Crippen molar-refractivity contribution >= 4 is 21.4 Å². The minimum atomic E-state index is -3.74. The first-order valence-electron chi connectivity index (χ1n) is 9.11. The van der Waals surface area contributed by atoms with Crippen molar-refractivity contribution in [2.45, 2.75) is 28.7 Å². The Bertz CT molecular complexity index is 906. The van der Waals surface area contributed by atoms with Gasteiger partial charge in [0.15, 0.2) is 0 Å². The molecule has 1 atom stereocenters. The predicted molar refractivity (Wildman–Crippen MR) is 105 cm³/mol. The highest BCUT2D eigenvalue weighted by atomic mass is 32.2. The van der Waals surface area contributed by atoms with Gasteiger partial charge in [-0.15, -0.1) is 0 Å². The number of amides is 1. The molecule has 0 spiro atoms. The summed E-state index contributed by atoms with van der Waals surface area (Å²) >= 11 is 0. The minimum absolute atomic E-state index is 0.0259. The number of sulfone groups is 1. The van der Waals surface area contributed by atoms with Crippen LogP contribution in [-0.2, 0) is 19.4 Å². The third-order valence-corrected chi connectivity index (χ3v) is 6.36. The first-order valence-corrected chi connectivity index (χ1v) is 10.6. The van der Waals surface area contributed by atoms with Crippen molar-refractivity contribution in [3.05, 3.63) is 48.5 Å². The fraction of sp³-hybridized carbons (Fsp3) is 0.350.